The zero-order valence-corrected chi connectivity index (χ0v) is 21.7. The second-order valence-corrected chi connectivity index (χ2v) is 9.25. The van der Waals surface area contributed by atoms with Crippen molar-refractivity contribution in [2.75, 3.05) is 14.2 Å². The number of esters is 1. The molecule has 1 aliphatic heterocycles. The molecule has 5 rings (SSSR count). The van der Waals surface area contributed by atoms with Gasteiger partial charge in [-0.15, -0.1) is 0 Å². The first kappa shape index (κ1) is 25.1. The van der Waals surface area contributed by atoms with Crippen molar-refractivity contribution in [1.29, 1.82) is 5.26 Å². The molecule has 1 N–H and O–H groups in total. The van der Waals surface area contributed by atoms with Crippen LogP contribution in [0.1, 0.15) is 45.5 Å². The molecule has 190 valence electrons. The van der Waals surface area contributed by atoms with Gasteiger partial charge in [0.25, 0.3) is 0 Å². The van der Waals surface area contributed by atoms with Crippen molar-refractivity contribution in [3.05, 3.63) is 110 Å². The predicted octanol–water partition coefficient (Wildman–Crippen LogP) is 5.54. The van der Waals surface area contributed by atoms with Crippen molar-refractivity contribution in [2.24, 2.45) is 0 Å². The second-order valence-electron chi connectivity index (χ2n) is 8.84. The van der Waals surface area contributed by atoms with E-state index in [1.54, 1.807) is 43.3 Å². The number of ether oxygens (including phenoxy) is 3. The number of nitrogens with one attached hydrogen (secondary N) is 1. The van der Waals surface area contributed by atoms with Gasteiger partial charge in [-0.3, -0.25) is 4.79 Å². The number of allylic oxidation sites excluding steroid dienone is 2. The minimum Gasteiger partial charge on any atom is -0.493 e. The molecule has 0 saturated heterocycles. The Kier molecular flexibility index (Phi) is 6.66. The number of carbonyl (C=O) groups excluding carboxylic acids is 2. The summed E-state index contributed by atoms with van der Waals surface area (Å²) in [5.74, 6) is -0.870. The Morgan fingerprint density at radius 2 is 1.79 bits per heavy atom. The monoisotopic (exact) mass is 526 g/mol. The van der Waals surface area contributed by atoms with Crippen LogP contribution in [0.15, 0.2) is 77.5 Å². The van der Waals surface area contributed by atoms with Crippen molar-refractivity contribution in [1.82, 2.24) is 5.32 Å². The summed E-state index contributed by atoms with van der Waals surface area (Å²) in [7, 11) is 2.79. The van der Waals surface area contributed by atoms with Crippen LogP contribution in [0.5, 0.6) is 11.5 Å². The van der Waals surface area contributed by atoms with E-state index in [-0.39, 0.29) is 23.2 Å². The lowest BCUT2D eigenvalue weighted by Crippen LogP contribution is -2.29. The molecule has 0 radical (unpaired) electrons. The molecule has 0 fully saturated rings. The smallest absolute Gasteiger partial charge is 0.336 e. The van der Waals surface area contributed by atoms with Crippen molar-refractivity contribution in [3.8, 4) is 17.6 Å². The maximum Gasteiger partial charge on any atom is 0.336 e. The van der Waals surface area contributed by atoms with Crippen LogP contribution in [0.25, 0.3) is 5.70 Å². The molecule has 7 nitrogen and oxygen atoms in total. The molecule has 1 aliphatic carbocycles. The van der Waals surface area contributed by atoms with Gasteiger partial charge < -0.3 is 19.5 Å². The van der Waals surface area contributed by atoms with Gasteiger partial charge in [0.1, 0.15) is 6.61 Å². The number of Topliss-reactive ketones (excluding diaryl/α,β-unsaturated/α-hetero) is 1. The lowest BCUT2D eigenvalue weighted by Gasteiger charge is -2.29. The Bertz CT molecular complexity index is 1600. The van der Waals surface area contributed by atoms with Gasteiger partial charge in [-0.25, -0.2) is 4.79 Å². The van der Waals surface area contributed by atoms with E-state index in [2.05, 4.69) is 11.4 Å². The van der Waals surface area contributed by atoms with Crippen LogP contribution in [0, 0.1) is 11.3 Å². The summed E-state index contributed by atoms with van der Waals surface area (Å²) in [6.45, 7) is 1.87. The molecule has 3 aromatic rings. The Labute approximate surface area is 224 Å². The molecule has 0 saturated carbocycles. The largest absolute Gasteiger partial charge is 0.493 e. The Hall–Kier alpha value is -4.54. The van der Waals surface area contributed by atoms with Crippen LogP contribution in [-0.4, -0.2) is 26.0 Å². The number of ketones is 1. The first-order chi connectivity index (χ1) is 18.4. The number of nitriles is 1. The lowest BCUT2D eigenvalue weighted by atomic mass is 9.79. The third-order valence-electron chi connectivity index (χ3n) is 6.75. The average molecular weight is 527 g/mol. The van der Waals surface area contributed by atoms with E-state index in [0.29, 0.717) is 50.5 Å². The van der Waals surface area contributed by atoms with Gasteiger partial charge >= 0.3 is 5.97 Å². The number of carbonyl (C=O) groups is 2. The quantitative estimate of drug-likeness (QED) is 0.421. The van der Waals surface area contributed by atoms with Crippen LogP contribution < -0.4 is 14.8 Å². The molecule has 38 heavy (non-hydrogen) atoms. The van der Waals surface area contributed by atoms with E-state index >= 15 is 0 Å². The highest BCUT2D eigenvalue weighted by Crippen LogP contribution is 2.49. The lowest BCUT2D eigenvalue weighted by molar-refractivity contribution is -0.136. The van der Waals surface area contributed by atoms with E-state index in [9.17, 15) is 14.9 Å². The van der Waals surface area contributed by atoms with Gasteiger partial charge in [0, 0.05) is 33.9 Å². The Morgan fingerprint density at radius 1 is 1.08 bits per heavy atom. The molecule has 3 aromatic carbocycles. The predicted molar refractivity (Wildman–Crippen MR) is 142 cm³/mol. The van der Waals surface area contributed by atoms with Crippen LogP contribution in [0.3, 0.4) is 0 Å². The molecule has 1 unspecified atom stereocenters. The van der Waals surface area contributed by atoms with E-state index in [1.165, 1.54) is 14.2 Å². The van der Waals surface area contributed by atoms with E-state index in [0.717, 1.165) is 5.56 Å². The molecule has 1 atom stereocenters. The highest BCUT2D eigenvalue weighted by molar-refractivity contribution is 6.32. The summed E-state index contributed by atoms with van der Waals surface area (Å²) in [6, 6.07) is 20.0. The maximum atomic E-state index is 13.6. The fourth-order valence-electron chi connectivity index (χ4n) is 4.99. The summed E-state index contributed by atoms with van der Waals surface area (Å²) >= 11 is 6.72. The number of hydrogen-bond donors (Lipinski definition) is 1. The molecular formula is C30H23ClN2O5. The van der Waals surface area contributed by atoms with Crippen LogP contribution >= 0.6 is 11.6 Å². The fraction of sp³-hybridized carbons (Fsp3) is 0.167. The SMILES string of the molecule is COC(=O)C1=C(C)NC2=C(C(=O)c3ccccc32)C1c1cc(Cl)c(OCc2ccccc2C#N)c(OC)c1. The molecule has 8 heteroatoms. The third kappa shape index (κ3) is 4.09. The number of methoxy groups -OCH3 is 2. The first-order valence-electron chi connectivity index (χ1n) is 11.8. The molecule has 0 bridgehead atoms. The third-order valence-corrected chi connectivity index (χ3v) is 7.03. The fourth-order valence-corrected chi connectivity index (χ4v) is 5.27. The van der Waals surface area contributed by atoms with Gasteiger partial charge in [0.2, 0.25) is 0 Å². The summed E-state index contributed by atoms with van der Waals surface area (Å²) in [4.78, 5) is 26.6. The van der Waals surface area contributed by atoms with Crippen molar-refractivity contribution < 1.29 is 23.8 Å². The minimum atomic E-state index is -0.752. The van der Waals surface area contributed by atoms with E-state index in [4.69, 9.17) is 25.8 Å². The van der Waals surface area contributed by atoms with Crippen molar-refractivity contribution in [2.45, 2.75) is 19.4 Å². The zero-order valence-electron chi connectivity index (χ0n) is 20.9. The minimum absolute atomic E-state index is 0.0992. The standard InChI is InChI=1S/C30H23ClN2O5/c1-16-24(30(35)37-3)25(26-27(33-16)20-10-6-7-11-21(20)28(26)34)19-12-22(31)29(23(13-19)36-2)38-15-18-9-5-4-8-17(18)14-32/h4-13,25,33H,15H2,1-3H3. The normalized spacial score (nSPS) is 15.9. The highest BCUT2D eigenvalue weighted by atomic mass is 35.5. The van der Waals surface area contributed by atoms with Crippen molar-refractivity contribution in [3.63, 3.8) is 0 Å². The summed E-state index contributed by atoms with van der Waals surface area (Å²) < 4.78 is 16.7. The highest BCUT2D eigenvalue weighted by Gasteiger charge is 2.43. The molecule has 1 heterocycles. The van der Waals surface area contributed by atoms with Crippen LogP contribution in [0.2, 0.25) is 5.02 Å². The zero-order chi connectivity index (χ0) is 27.0. The number of hydrogen-bond acceptors (Lipinski definition) is 7. The summed E-state index contributed by atoms with van der Waals surface area (Å²) in [6.07, 6.45) is 0. The van der Waals surface area contributed by atoms with Crippen LogP contribution in [0.4, 0.5) is 0 Å². The number of fused-ring (bicyclic) bond motifs is 2. The number of dihydropyridines is 1. The molecule has 0 spiro atoms. The average Bonchev–Trinajstić information content (AvgIpc) is 3.22. The van der Waals surface area contributed by atoms with Gasteiger partial charge in [-0.2, -0.15) is 5.26 Å². The van der Waals surface area contributed by atoms with Crippen LogP contribution in [-0.2, 0) is 16.1 Å². The topological polar surface area (TPSA) is 97.6 Å². The van der Waals surface area contributed by atoms with Crippen molar-refractivity contribution >= 4 is 29.1 Å². The molecular weight excluding hydrogens is 504 g/mol. The molecule has 0 amide bonds. The number of halogens is 1. The maximum absolute atomic E-state index is 13.6. The first-order valence-corrected chi connectivity index (χ1v) is 12.2. The number of nitrogens with zero attached hydrogens (tertiary/aromatic N) is 1. The second kappa shape index (κ2) is 10.1. The van der Waals surface area contributed by atoms with Gasteiger partial charge in [0.05, 0.1) is 42.1 Å². The van der Waals surface area contributed by atoms with Gasteiger partial charge in [-0.05, 0) is 30.7 Å². The van der Waals surface area contributed by atoms with E-state index < -0.39 is 11.9 Å². The number of benzene rings is 3. The molecule has 2 aliphatic rings. The Balaban J connectivity index is 1.61. The molecule has 0 aromatic heterocycles. The number of rotatable bonds is 6. The Morgan fingerprint density at radius 3 is 2.50 bits per heavy atom. The van der Waals surface area contributed by atoms with Gasteiger partial charge in [-0.1, -0.05) is 54.1 Å². The summed E-state index contributed by atoms with van der Waals surface area (Å²) in [5, 5.41) is 12.9. The van der Waals surface area contributed by atoms with Gasteiger partial charge in [0.15, 0.2) is 17.3 Å². The summed E-state index contributed by atoms with van der Waals surface area (Å²) in [5.41, 5.74) is 5.08. The van der Waals surface area contributed by atoms with E-state index in [1.807, 2.05) is 24.3 Å².